The number of aliphatic hydroxyl groups excluding tert-OH is 1. The van der Waals surface area contributed by atoms with Crippen molar-refractivity contribution in [1.29, 1.82) is 0 Å². The lowest BCUT2D eigenvalue weighted by atomic mass is 10.1. The topological polar surface area (TPSA) is 66.8 Å². The highest BCUT2D eigenvalue weighted by molar-refractivity contribution is 7.91. The van der Waals surface area contributed by atoms with Crippen LogP contribution in [0.25, 0.3) is 10.8 Å². The third-order valence-electron chi connectivity index (χ3n) is 5.15. The molecule has 3 rings (SSSR count). The minimum atomic E-state index is -2.94. The van der Waals surface area contributed by atoms with Crippen LogP contribution < -0.4 is 4.74 Å². The number of nitrogens with zero attached hydrogens (tertiary/aromatic N) is 1. The maximum absolute atomic E-state index is 11.8. The summed E-state index contributed by atoms with van der Waals surface area (Å²) in [7, 11) is -2.94. The van der Waals surface area contributed by atoms with Gasteiger partial charge in [0.1, 0.15) is 18.5 Å². The third-order valence-corrected chi connectivity index (χ3v) is 6.90. The molecule has 148 valence electrons. The predicted molar refractivity (Wildman–Crippen MR) is 109 cm³/mol. The molecule has 0 aromatic heterocycles. The fraction of sp³-hybridized carbons (Fsp3) is 0.524. The maximum atomic E-state index is 11.8. The first-order valence-electron chi connectivity index (χ1n) is 9.71. The summed E-state index contributed by atoms with van der Waals surface area (Å²) in [6.45, 7) is 3.55. The van der Waals surface area contributed by atoms with Gasteiger partial charge in [-0.05, 0) is 30.8 Å². The highest BCUT2D eigenvalue weighted by Gasteiger charge is 2.32. The van der Waals surface area contributed by atoms with Crippen LogP contribution in [0.5, 0.6) is 5.75 Å². The molecule has 2 unspecified atom stereocenters. The number of rotatable bonds is 9. The van der Waals surface area contributed by atoms with Gasteiger partial charge in [0.25, 0.3) is 0 Å². The number of aliphatic hydroxyl groups is 1. The summed E-state index contributed by atoms with van der Waals surface area (Å²) >= 11 is 0. The molecule has 0 radical (unpaired) electrons. The van der Waals surface area contributed by atoms with Crippen molar-refractivity contribution in [3.63, 3.8) is 0 Å². The summed E-state index contributed by atoms with van der Waals surface area (Å²) in [5.74, 6) is 1.21. The minimum absolute atomic E-state index is 0.00811. The largest absolute Gasteiger partial charge is 0.490 e. The molecule has 1 aliphatic heterocycles. The lowest BCUT2D eigenvalue weighted by molar-refractivity contribution is 0.0556. The summed E-state index contributed by atoms with van der Waals surface area (Å²) in [6, 6.07) is 13.9. The molecular weight excluding hydrogens is 362 g/mol. The van der Waals surface area contributed by atoms with Crippen LogP contribution in [0.15, 0.2) is 42.5 Å². The van der Waals surface area contributed by atoms with E-state index in [9.17, 15) is 13.5 Å². The first kappa shape index (κ1) is 20.1. The Morgan fingerprint density at radius 1 is 1.22 bits per heavy atom. The molecule has 27 heavy (non-hydrogen) atoms. The summed E-state index contributed by atoms with van der Waals surface area (Å²) in [5, 5.41) is 12.7. The van der Waals surface area contributed by atoms with Gasteiger partial charge in [-0.1, -0.05) is 49.7 Å². The van der Waals surface area contributed by atoms with Crippen LogP contribution in [0.1, 0.15) is 26.2 Å². The van der Waals surface area contributed by atoms with Gasteiger partial charge >= 0.3 is 0 Å². The van der Waals surface area contributed by atoms with Crippen molar-refractivity contribution < 1.29 is 18.3 Å². The molecule has 0 saturated carbocycles. The minimum Gasteiger partial charge on any atom is -0.490 e. The summed E-state index contributed by atoms with van der Waals surface area (Å²) in [4.78, 5) is 2.13. The van der Waals surface area contributed by atoms with Crippen molar-refractivity contribution in [3.05, 3.63) is 42.5 Å². The Labute approximate surface area is 161 Å². The summed E-state index contributed by atoms with van der Waals surface area (Å²) < 4.78 is 29.5. The Kier molecular flexibility index (Phi) is 6.73. The molecule has 2 atom stereocenters. The lowest BCUT2D eigenvalue weighted by Gasteiger charge is -2.30. The molecule has 0 amide bonds. The van der Waals surface area contributed by atoms with Gasteiger partial charge in [0.2, 0.25) is 0 Å². The fourth-order valence-electron chi connectivity index (χ4n) is 3.68. The van der Waals surface area contributed by atoms with Gasteiger partial charge in [-0.25, -0.2) is 8.42 Å². The van der Waals surface area contributed by atoms with Crippen LogP contribution in [0, 0.1) is 0 Å². The lowest BCUT2D eigenvalue weighted by Crippen LogP contribution is -2.43. The molecule has 0 bridgehead atoms. The van der Waals surface area contributed by atoms with Crippen LogP contribution in [-0.4, -0.2) is 61.8 Å². The van der Waals surface area contributed by atoms with E-state index in [1.165, 1.54) is 0 Å². The quantitative estimate of drug-likeness (QED) is 0.712. The van der Waals surface area contributed by atoms with E-state index in [0.717, 1.165) is 35.9 Å². The second-order valence-corrected chi connectivity index (χ2v) is 9.58. The number of hydrogen-bond acceptors (Lipinski definition) is 5. The highest BCUT2D eigenvalue weighted by Crippen LogP contribution is 2.25. The monoisotopic (exact) mass is 391 g/mol. The van der Waals surface area contributed by atoms with Gasteiger partial charge in [0.15, 0.2) is 9.84 Å². The van der Waals surface area contributed by atoms with Crippen molar-refractivity contribution in [2.75, 3.05) is 31.2 Å². The first-order chi connectivity index (χ1) is 13.0. The van der Waals surface area contributed by atoms with Gasteiger partial charge in [0, 0.05) is 18.0 Å². The van der Waals surface area contributed by atoms with Crippen LogP contribution in [0.4, 0.5) is 0 Å². The second-order valence-electron chi connectivity index (χ2n) is 7.35. The predicted octanol–water partition coefficient (Wildman–Crippen LogP) is 2.87. The summed E-state index contributed by atoms with van der Waals surface area (Å²) in [5.41, 5.74) is 0. The van der Waals surface area contributed by atoms with Crippen LogP contribution in [-0.2, 0) is 9.84 Å². The van der Waals surface area contributed by atoms with E-state index in [0.29, 0.717) is 13.0 Å². The summed E-state index contributed by atoms with van der Waals surface area (Å²) in [6.07, 6.45) is 2.03. The molecule has 0 spiro atoms. The van der Waals surface area contributed by atoms with Crippen molar-refractivity contribution in [1.82, 2.24) is 4.90 Å². The molecule has 1 saturated heterocycles. The zero-order valence-corrected chi connectivity index (χ0v) is 16.7. The number of sulfone groups is 1. The van der Waals surface area contributed by atoms with E-state index >= 15 is 0 Å². The Balaban J connectivity index is 1.61. The van der Waals surface area contributed by atoms with Gasteiger partial charge in [-0.2, -0.15) is 0 Å². The molecule has 2 aromatic rings. The maximum Gasteiger partial charge on any atom is 0.151 e. The molecule has 5 nitrogen and oxygen atoms in total. The number of unbranched alkanes of at least 4 members (excludes halogenated alkanes) is 1. The smallest absolute Gasteiger partial charge is 0.151 e. The van der Waals surface area contributed by atoms with Crippen molar-refractivity contribution in [2.24, 2.45) is 0 Å². The van der Waals surface area contributed by atoms with E-state index in [1.54, 1.807) is 0 Å². The van der Waals surface area contributed by atoms with Crippen LogP contribution in [0.3, 0.4) is 0 Å². The Morgan fingerprint density at radius 3 is 2.74 bits per heavy atom. The van der Waals surface area contributed by atoms with Crippen molar-refractivity contribution in [3.8, 4) is 5.75 Å². The van der Waals surface area contributed by atoms with E-state index in [4.69, 9.17) is 4.74 Å². The SMILES string of the molecule is CCCCN(CC(O)COc1cccc2ccccc12)C1CCS(=O)(=O)C1. The zero-order valence-electron chi connectivity index (χ0n) is 15.9. The highest BCUT2D eigenvalue weighted by atomic mass is 32.2. The van der Waals surface area contributed by atoms with E-state index < -0.39 is 15.9 Å². The number of ether oxygens (including phenoxy) is 1. The number of fused-ring (bicyclic) bond motifs is 1. The van der Waals surface area contributed by atoms with Gasteiger partial charge in [0.05, 0.1) is 11.5 Å². The van der Waals surface area contributed by atoms with Gasteiger partial charge < -0.3 is 9.84 Å². The molecule has 1 fully saturated rings. The van der Waals surface area contributed by atoms with Crippen LogP contribution >= 0.6 is 0 Å². The Bertz CT molecular complexity index is 847. The number of benzene rings is 2. The average Bonchev–Trinajstić information content (AvgIpc) is 3.03. The molecule has 6 heteroatoms. The fourth-order valence-corrected chi connectivity index (χ4v) is 5.44. The molecule has 0 aliphatic carbocycles. The first-order valence-corrected chi connectivity index (χ1v) is 11.5. The van der Waals surface area contributed by atoms with Gasteiger partial charge in [-0.15, -0.1) is 0 Å². The Morgan fingerprint density at radius 2 is 2.00 bits per heavy atom. The Hall–Kier alpha value is -1.63. The molecule has 1 heterocycles. The standard InChI is InChI=1S/C21H29NO4S/c1-2-3-12-22(18-11-13-27(24,25)16-18)14-19(23)15-26-21-10-6-8-17-7-4-5-9-20(17)21/h4-10,18-19,23H,2-3,11-16H2,1H3. The van der Waals surface area contributed by atoms with E-state index in [-0.39, 0.29) is 24.2 Å². The van der Waals surface area contributed by atoms with Crippen LogP contribution in [0.2, 0.25) is 0 Å². The molecule has 2 aromatic carbocycles. The molecular formula is C21H29NO4S. The molecule has 1 aliphatic rings. The average molecular weight is 392 g/mol. The van der Waals surface area contributed by atoms with E-state index in [2.05, 4.69) is 11.8 Å². The number of hydrogen-bond donors (Lipinski definition) is 1. The zero-order chi connectivity index (χ0) is 19.3. The van der Waals surface area contributed by atoms with Gasteiger partial charge in [-0.3, -0.25) is 4.90 Å². The van der Waals surface area contributed by atoms with Crippen molar-refractivity contribution in [2.45, 2.75) is 38.3 Å². The normalized spacial score (nSPS) is 20.2. The van der Waals surface area contributed by atoms with Crippen molar-refractivity contribution >= 4 is 20.6 Å². The molecule has 1 N–H and O–H groups in total. The third kappa shape index (κ3) is 5.43. The van der Waals surface area contributed by atoms with E-state index in [1.807, 2.05) is 42.5 Å². The second kappa shape index (κ2) is 9.04.